The lowest BCUT2D eigenvalue weighted by Crippen LogP contribution is -2.06. The van der Waals surface area contributed by atoms with Crippen LogP contribution in [-0.4, -0.2) is 23.2 Å². The van der Waals surface area contributed by atoms with Gasteiger partial charge in [-0.15, -0.1) is 0 Å². The topological polar surface area (TPSA) is 83.3 Å². The van der Waals surface area contributed by atoms with Crippen molar-refractivity contribution in [2.75, 3.05) is 0 Å². The van der Waals surface area contributed by atoms with Gasteiger partial charge < -0.3 is 8.92 Å². The molecule has 3 aromatic rings. The highest BCUT2D eigenvalue weighted by Gasteiger charge is 2.15. The summed E-state index contributed by atoms with van der Waals surface area (Å²) in [6.45, 7) is 2.90. The lowest BCUT2D eigenvalue weighted by Gasteiger charge is -2.11. The highest BCUT2D eigenvalue weighted by atomic mass is 32.3. The van der Waals surface area contributed by atoms with Gasteiger partial charge in [0.25, 0.3) is 0 Å². The second-order valence-corrected chi connectivity index (χ2v) is 6.70. The van der Waals surface area contributed by atoms with Crippen LogP contribution in [0.15, 0.2) is 36.4 Å². The summed E-state index contributed by atoms with van der Waals surface area (Å²) in [5, 5.41) is 4.08. The molecule has 11 heteroatoms. The minimum atomic E-state index is -5.14. The number of ether oxygens (including phenoxy) is 1. The highest BCUT2D eigenvalue weighted by Crippen LogP contribution is 2.23. The van der Waals surface area contributed by atoms with Gasteiger partial charge in [0.15, 0.2) is 0 Å². The van der Waals surface area contributed by atoms with Crippen molar-refractivity contribution in [1.82, 2.24) is 14.8 Å². The van der Waals surface area contributed by atoms with Crippen LogP contribution in [0.3, 0.4) is 0 Å². The third-order valence-corrected chi connectivity index (χ3v) is 4.04. The first-order valence-electron chi connectivity index (χ1n) is 7.88. The minimum Gasteiger partial charge on any atom is -0.489 e. The Balaban J connectivity index is 1.75. The zero-order chi connectivity index (χ0) is 20.5. The Morgan fingerprint density at radius 3 is 2.11 bits per heavy atom. The predicted octanol–water partition coefficient (Wildman–Crippen LogP) is 3.33. The third kappa shape index (κ3) is 4.60. The Kier molecular flexibility index (Phi) is 5.27. The van der Waals surface area contributed by atoms with Crippen LogP contribution in [0.1, 0.15) is 17.2 Å². The smallest absolute Gasteiger partial charge is 0.488 e. The van der Waals surface area contributed by atoms with E-state index in [1.165, 1.54) is 16.8 Å². The van der Waals surface area contributed by atoms with Crippen LogP contribution >= 0.6 is 0 Å². The van der Waals surface area contributed by atoms with Crippen molar-refractivity contribution in [3.8, 4) is 17.2 Å². The molecule has 0 unspecified atom stereocenters. The number of aryl methyl sites for hydroxylation is 2. The maximum absolute atomic E-state index is 14.4. The van der Waals surface area contributed by atoms with Crippen LogP contribution in [0.4, 0.5) is 12.7 Å². The fourth-order valence-corrected chi connectivity index (χ4v) is 2.82. The second-order valence-electron chi connectivity index (χ2n) is 5.74. The van der Waals surface area contributed by atoms with Gasteiger partial charge >= 0.3 is 10.5 Å². The molecule has 148 valence electrons. The van der Waals surface area contributed by atoms with Crippen molar-refractivity contribution in [3.05, 3.63) is 65.2 Å². The van der Waals surface area contributed by atoms with Crippen molar-refractivity contribution >= 4 is 10.5 Å². The molecular formula is C17H14F3N3O4S. The number of hydrogen-bond acceptors (Lipinski definition) is 6. The standard InChI is InChI=1S/C17H14F3N3O4S/c1-10-21-11(2)23(22-10)12-7-16(18)15(17(19)8-12)9-26-13-3-5-14(6-4-13)27-28(20,24)25/h3-8H,9H2,1-2H3. The van der Waals surface area contributed by atoms with Gasteiger partial charge in [-0.25, -0.2) is 18.4 Å². The van der Waals surface area contributed by atoms with Crippen molar-refractivity contribution < 1.29 is 30.0 Å². The minimum absolute atomic E-state index is 0.175. The van der Waals surface area contributed by atoms with E-state index in [9.17, 15) is 21.1 Å². The zero-order valence-electron chi connectivity index (χ0n) is 14.7. The molecule has 0 aliphatic rings. The number of halogens is 3. The Labute approximate surface area is 158 Å². The van der Waals surface area contributed by atoms with Gasteiger partial charge in [-0.2, -0.15) is 13.5 Å². The zero-order valence-corrected chi connectivity index (χ0v) is 15.5. The molecule has 0 saturated heterocycles. The lowest BCUT2D eigenvalue weighted by molar-refractivity contribution is 0.292. The molecule has 0 radical (unpaired) electrons. The van der Waals surface area contributed by atoms with E-state index in [2.05, 4.69) is 14.3 Å². The number of nitrogens with zero attached hydrogens (tertiary/aromatic N) is 3. The molecule has 1 aromatic heterocycles. The molecule has 2 aromatic carbocycles. The van der Waals surface area contributed by atoms with E-state index in [1.807, 2.05) is 0 Å². The molecule has 0 spiro atoms. The summed E-state index contributed by atoms with van der Waals surface area (Å²) in [6, 6.07) is 7.05. The second kappa shape index (κ2) is 7.50. The summed E-state index contributed by atoms with van der Waals surface area (Å²) >= 11 is 0. The van der Waals surface area contributed by atoms with Crippen molar-refractivity contribution in [2.45, 2.75) is 20.5 Å². The van der Waals surface area contributed by atoms with Crippen LogP contribution in [0, 0.1) is 25.5 Å². The summed E-state index contributed by atoms with van der Waals surface area (Å²) in [5.74, 6) is -0.794. The van der Waals surface area contributed by atoms with E-state index in [0.29, 0.717) is 11.6 Å². The number of hydrogen-bond donors (Lipinski definition) is 0. The Morgan fingerprint density at radius 2 is 1.61 bits per heavy atom. The van der Waals surface area contributed by atoms with E-state index in [4.69, 9.17) is 4.74 Å². The number of rotatable bonds is 6. The van der Waals surface area contributed by atoms with E-state index in [0.717, 1.165) is 24.3 Å². The highest BCUT2D eigenvalue weighted by molar-refractivity contribution is 7.81. The molecule has 1 heterocycles. The fourth-order valence-electron chi connectivity index (χ4n) is 2.48. The average Bonchev–Trinajstić information content (AvgIpc) is 2.92. The summed E-state index contributed by atoms with van der Waals surface area (Å²) < 4.78 is 72.7. The van der Waals surface area contributed by atoms with E-state index in [-0.39, 0.29) is 22.7 Å². The first-order valence-corrected chi connectivity index (χ1v) is 9.19. The normalized spacial score (nSPS) is 11.5. The van der Waals surface area contributed by atoms with Crippen molar-refractivity contribution in [2.24, 2.45) is 0 Å². The summed E-state index contributed by atoms with van der Waals surface area (Å²) in [4.78, 5) is 4.09. The molecule has 0 aliphatic heterocycles. The van der Waals surface area contributed by atoms with E-state index < -0.39 is 28.7 Å². The van der Waals surface area contributed by atoms with E-state index in [1.54, 1.807) is 13.8 Å². The molecule has 0 fully saturated rings. The lowest BCUT2D eigenvalue weighted by atomic mass is 10.2. The quantitative estimate of drug-likeness (QED) is 0.577. The molecule has 0 N–H and O–H groups in total. The average molecular weight is 413 g/mol. The van der Waals surface area contributed by atoms with Crippen LogP contribution in [0.25, 0.3) is 5.69 Å². The monoisotopic (exact) mass is 413 g/mol. The van der Waals surface area contributed by atoms with Gasteiger partial charge in [0.1, 0.15) is 41.4 Å². The molecule has 3 rings (SSSR count). The fraction of sp³-hybridized carbons (Fsp3) is 0.176. The summed E-state index contributed by atoms with van der Waals surface area (Å²) in [6.07, 6.45) is 0. The third-order valence-electron chi connectivity index (χ3n) is 3.65. The Hall–Kier alpha value is -3.08. The van der Waals surface area contributed by atoms with Gasteiger partial charge in [0.2, 0.25) is 0 Å². The van der Waals surface area contributed by atoms with Crippen LogP contribution in [0.2, 0.25) is 0 Å². The van der Waals surface area contributed by atoms with Crippen molar-refractivity contribution in [3.63, 3.8) is 0 Å². The molecule has 0 saturated carbocycles. The van der Waals surface area contributed by atoms with Gasteiger partial charge in [-0.1, -0.05) is 3.89 Å². The molecule has 0 aliphatic carbocycles. The van der Waals surface area contributed by atoms with Gasteiger partial charge in [-0.3, -0.25) is 0 Å². The number of benzene rings is 2. The van der Waals surface area contributed by atoms with Gasteiger partial charge in [0.05, 0.1) is 11.3 Å². The molecule has 0 atom stereocenters. The molecule has 0 bridgehead atoms. The molecule has 0 amide bonds. The van der Waals surface area contributed by atoms with E-state index >= 15 is 0 Å². The first kappa shape index (κ1) is 19.7. The summed E-state index contributed by atoms with van der Waals surface area (Å²) in [5.41, 5.74) is -0.115. The van der Waals surface area contributed by atoms with Crippen LogP contribution in [-0.2, 0) is 17.1 Å². The Morgan fingerprint density at radius 1 is 1.04 bits per heavy atom. The van der Waals surface area contributed by atoms with Gasteiger partial charge in [-0.05, 0) is 38.1 Å². The summed E-state index contributed by atoms with van der Waals surface area (Å²) in [7, 11) is -5.14. The Bertz CT molecular complexity index is 1090. The molecule has 28 heavy (non-hydrogen) atoms. The van der Waals surface area contributed by atoms with Crippen LogP contribution < -0.4 is 8.92 Å². The largest absolute Gasteiger partial charge is 0.489 e. The molecular weight excluding hydrogens is 399 g/mol. The predicted molar refractivity (Wildman–Crippen MR) is 92.2 cm³/mol. The maximum Gasteiger partial charge on any atom is 0.488 e. The molecule has 7 nitrogen and oxygen atoms in total. The van der Waals surface area contributed by atoms with Crippen molar-refractivity contribution in [1.29, 1.82) is 0 Å². The first-order chi connectivity index (χ1) is 13.1. The van der Waals surface area contributed by atoms with Crippen LogP contribution in [0.5, 0.6) is 11.5 Å². The SMILES string of the molecule is Cc1nc(C)n(-c2cc(F)c(COc3ccc(OS(=O)(=O)F)cc3)c(F)c2)n1. The van der Waals surface area contributed by atoms with Gasteiger partial charge in [0, 0.05) is 12.1 Å². The number of aromatic nitrogens is 3. The maximum atomic E-state index is 14.4.